The van der Waals surface area contributed by atoms with Crippen molar-refractivity contribution in [2.45, 2.75) is 6.42 Å². The van der Waals surface area contributed by atoms with Gasteiger partial charge in [0.25, 0.3) is 5.91 Å². The zero-order valence-electron chi connectivity index (χ0n) is 17.6. The molecule has 162 valence electrons. The zero-order chi connectivity index (χ0) is 22.2. The molecule has 0 unspecified atom stereocenters. The number of rotatable bonds is 8. The number of nitrogens with one attached hydrogen (secondary N) is 1. The Morgan fingerprint density at radius 1 is 1.03 bits per heavy atom. The minimum Gasteiger partial charge on any atom is -0.494 e. The lowest BCUT2D eigenvalue weighted by molar-refractivity contribution is -0.121. The Bertz CT molecular complexity index is 1100. The van der Waals surface area contributed by atoms with E-state index in [4.69, 9.17) is 9.47 Å². The smallest absolute Gasteiger partial charge is 0.265 e. The van der Waals surface area contributed by atoms with E-state index in [9.17, 15) is 9.59 Å². The van der Waals surface area contributed by atoms with Crippen LogP contribution in [0.1, 0.15) is 12.0 Å². The number of amides is 2. The highest BCUT2D eigenvalue weighted by Crippen LogP contribution is 2.34. The van der Waals surface area contributed by atoms with Crippen molar-refractivity contribution < 1.29 is 19.1 Å². The fourth-order valence-electron chi connectivity index (χ4n) is 3.38. The van der Waals surface area contributed by atoms with Gasteiger partial charge < -0.3 is 19.7 Å². The van der Waals surface area contributed by atoms with Gasteiger partial charge in [-0.2, -0.15) is 0 Å². The third kappa shape index (κ3) is 5.55. The normalized spacial score (nSPS) is 12.9. The molecule has 0 atom stereocenters. The molecule has 0 spiro atoms. The summed E-state index contributed by atoms with van der Waals surface area (Å²) in [5.41, 5.74) is 2.24. The fraction of sp³-hybridized carbons (Fsp3) is 0.154. The first-order valence-corrected chi connectivity index (χ1v) is 10.5. The molecule has 1 aliphatic rings. The van der Waals surface area contributed by atoms with Crippen LogP contribution in [0.25, 0.3) is 6.08 Å². The van der Waals surface area contributed by atoms with Gasteiger partial charge in [0.05, 0.1) is 12.3 Å². The van der Waals surface area contributed by atoms with Crippen LogP contribution < -0.4 is 19.7 Å². The number of carbonyl (C=O) groups excluding carboxylic acids is 2. The first kappa shape index (κ1) is 21.2. The van der Waals surface area contributed by atoms with Gasteiger partial charge in [-0.1, -0.05) is 48.5 Å². The first-order valence-electron chi connectivity index (χ1n) is 10.5. The minimum atomic E-state index is -0.240. The van der Waals surface area contributed by atoms with Crippen LogP contribution in [0.3, 0.4) is 0 Å². The predicted octanol–water partition coefficient (Wildman–Crippen LogP) is 4.53. The van der Waals surface area contributed by atoms with Gasteiger partial charge >= 0.3 is 0 Å². The van der Waals surface area contributed by atoms with Gasteiger partial charge in [0, 0.05) is 24.4 Å². The average Bonchev–Trinajstić information content (AvgIpc) is 2.83. The molecule has 0 bridgehead atoms. The average molecular weight is 428 g/mol. The Balaban J connectivity index is 1.35. The molecule has 2 amide bonds. The predicted molar refractivity (Wildman–Crippen MR) is 125 cm³/mol. The van der Waals surface area contributed by atoms with E-state index in [0.29, 0.717) is 36.7 Å². The summed E-state index contributed by atoms with van der Waals surface area (Å²) in [6, 6.07) is 24.5. The summed E-state index contributed by atoms with van der Waals surface area (Å²) >= 11 is 0. The van der Waals surface area contributed by atoms with Crippen molar-refractivity contribution in [3.05, 3.63) is 90.5 Å². The van der Waals surface area contributed by atoms with Crippen LogP contribution in [0.5, 0.6) is 11.5 Å². The van der Waals surface area contributed by atoms with Crippen LogP contribution in [0.15, 0.2) is 84.9 Å². The van der Waals surface area contributed by atoms with Crippen LogP contribution in [0.2, 0.25) is 0 Å². The van der Waals surface area contributed by atoms with E-state index in [1.807, 2.05) is 60.7 Å². The summed E-state index contributed by atoms with van der Waals surface area (Å²) in [5.74, 6) is 1.04. The summed E-state index contributed by atoms with van der Waals surface area (Å²) < 4.78 is 11.3. The molecule has 0 saturated heterocycles. The molecular formula is C26H24N2O4. The van der Waals surface area contributed by atoms with Crippen molar-refractivity contribution in [3.8, 4) is 11.5 Å². The molecule has 1 heterocycles. The minimum absolute atomic E-state index is 0.0299. The molecule has 32 heavy (non-hydrogen) atoms. The summed E-state index contributed by atoms with van der Waals surface area (Å²) in [7, 11) is 0. The Morgan fingerprint density at radius 3 is 2.56 bits per heavy atom. The molecule has 1 aliphatic heterocycles. The molecule has 3 aromatic carbocycles. The van der Waals surface area contributed by atoms with E-state index < -0.39 is 0 Å². The van der Waals surface area contributed by atoms with Crippen molar-refractivity contribution in [2.75, 3.05) is 30.0 Å². The van der Waals surface area contributed by atoms with Crippen LogP contribution in [-0.2, 0) is 9.59 Å². The van der Waals surface area contributed by atoms with Gasteiger partial charge in [0.1, 0.15) is 11.5 Å². The van der Waals surface area contributed by atoms with Crippen molar-refractivity contribution in [3.63, 3.8) is 0 Å². The number of para-hydroxylation sites is 1. The highest BCUT2D eigenvalue weighted by Gasteiger charge is 2.25. The van der Waals surface area contributed by atoms with Gasteiger partial charge in [0.2, 0.25) is 5.91 Å². The Labute approximate surface area is 187 Å². The van der Waals surface area contributed by atoms with Gasteiger partial charge in [-0.25, -0.2) is 0 Å². The van der Waals surface area contributed by atoms with E-state index in [-0.39, 0.29) is 18.4 Å². The Hall–Kier alpha value is -4.06. The van der Waals surface area contributed by atoms with Crippen molar-refractivity contribution in [1.29, 1.82) is 0 Å². The van der Waals surface area contributed by atoms with Crippen LogP contribution in [0, 0.1) is 0 Å². The maximum atomic E-state index is 12.4. The largest absolute Gasteiger partial charge is 0.494 e. The lowest BCUT2D eigenvalue weighted by Gasteiger charge is -2.29. The van der Waals surface area contributed by atoms with E-state index in [2.05, 4.69) is 5.32 Å². The van der Waals surface area contributed by atoms with E-state index in [1.165, 1.54) is 6.08 Å². The molecule has 0 radical (unpaired) electrons. The van der Waals surface area contributed by atoms with Crippen LogP contribution in [-0.4, -0.2) is 31.6 Å². The highest BCUT2D eigenvalue weighted by molar-refractivity contribution is 6.03. The fourth-order valence-corrected chi connectivity index (χ4v) is 3.38. The maximum Gasteiger partial charge on any atom is 0.265 e. The third-order valence-corrected chi connectivity index (χ3v) is 4.94. The molecule has 6 heteroatoms. The summed E-state index contributed by atoms with van der Waals surface area (Å²) in [6.45, 7) is 0.997. The number of hydrogen-bond donors (Lipinski definition) is 1. The lowest BCUT2D eigenvalue weighted by Crippen LogP contribution is -2.39. The number of anilines is 2. The topological polar surface area (TPSA) is 67.9 Å². The molecule has 0 fully saturated rings. The SMILES string of the molecule is O=C(/C=C/c1ccccc1)Nc1ccc2c(c1)OCC(=O)N2CCCOc1ccccc1. The van der Waals surface area contributed by atoms with Gasteiger partial charge in [-0.05, 0) is 42.3 Å². The quantitative estimate of drug-likeness (QED) is 0.423. The number of carbonyl (C=O) groups is 2. The molecule has 0 aliphatic carbocycles. The summed E-state index contributed by atoms with van der Waals surface area (Å²) in [5, 5.41) is 2.83. The monoisotopic (exact) mass is 428 g/mol. The molecule has 3 aromatic rings. The second kappa shape index (κ2) is 10.3. The van der Waals surface area contributed by atoms with Gasteiger partial charge in [-0.3, -0.25) is 9.59 Å². The van der Waals surface area contributed by atoms with Crippen LogP contribution >= 0.6 is 0 Å². The number of ether oxygens (including phenoxy) is 2. The maximum absolute atomic E-state index is 12.4. The number of nitrogens with zero attached hydrogens (tertiary/aromatic N) is 1. The molecular weight excluding hydrogens is 404 g/mol. The zero-order valence-corrected chi connectivity index (χ0v) is 17.6. The molecule has 0 saturated carbocycles. The second-order valence-corrected chi connectivity index (χ2v) is 7.26. The second-order valence-electron chi connectivity index (χ2n) is 7.26. The molecule has 6 nitrogen and oxygen atoms in total. The summed E-state index contributed by atoms with van der Waals surface area (Å²) in [6.07, 6.45) is 3.92. The number of hydrogen-bond acceptors (Lipinski definition) is 4. The highest BCUT2D eigenvalue weighted by atomic mass is 16.5. The molecule has 4 rings (SSSR count). The van der Waals surface area contributed by atoms with Crippen LogP contribution in [0.4, 0.5) is 11.4 Å². The summed E-state index contributed by atoms with van der Waals surface area (Å²) in [4.78, 5) is 26.3. The van der Waals surface area contributed by atoms with Crippen molar-refractivity contribution in [1.82, 2.24) is 0 Å². The first-order chi connectivity index (χ1) is 15.7. The van der Waals surface area contributed by atoms with Gasteiger partial charge in [0.15, 0.2) is 6.61 Å². The lowest BCUT2D eigenvalue weighted by atomic mass is 10.2. The van der Waals surface area contributed by atoms with E-state index in [1.54, 1.807) is 29.2 Å². The van der Waals surface area contributed by atoms with Crippen molar-refractivity contribution >= 4 is 29.3 Å². The Morgan fingerprint density at radius 2 is 1.78 bits per heavy atom. The number of fused-ring (bicyclic) bond motifs is 1. The Kier molecular flexibility index (Phi) is 6.82. The van der Waals surface area contributed by atoms with Crippen molar-refractivity contribution in [2.24, 2.45) is 0 Å². The third-order valence-electron chi connectivity index (χ3n) is 4.94. The molecule has 0 aromatic heterocycles. The van der Waals surface area contributed by atoms with E-state index in [0.717, 1.165) is 11.3 Å². The number of benzene rings is 3. The van der Waals surface area contributed by atoms with Gasteiger partial charge in [-0.15, -0.1) is 0 Å². The van der Waals surface area contributed by atoms with E-state index >= 15 is 0 Å². The molecule has 1 N–H and O–H groups in total. The standard InChI is InChI=1S/C26H24N2O4/c29-25(15-12-20-8-3-1-4-9-20)27-21-13-14-23-24(18-21)32-19-26(30)28(23)16-7-17-31-22-10-5-2-6-11-22/h1-6,8-15,18H,7,16-17,19H2,(H,27,29)/b15-12+.